The molecular weight excluding hydrogens is 208 g/mol. The second-order valence-corrected chi connectivity index (χ2v) is 4.79. The van der Waals surface area contributed by atoms with Crippen molar-refractivity contribution in [3.05, 3.63) is 48.0 Å². The van der Waals surface area contributed by atoms with Gasteiger partial charge >= 0.3 is 0 Å². The Morgan fingerprint density at radius 1 is 1.29 bits per heavy atom. The van der Waals surface area contributed by atoms with Gasteiger partial charge in [-0.1, -0.05) is 49.8 Å². The van der Waals surface area contributed by atoms with E-state index in [-0.39, 0.29) is 11.8 Å². The van der Waals surface area contributed by atoms with Crippen LogP contribution in [0, 0.1) is 5.92 Å². The van der Waals surface area contributed by atoms with Gasteiger partial charge in [0.25, 0.3) is 0 Å². The van der Waals surface area contributed by atoms with Crippen molar-refractivity contribution in [2.75, 3.05) is 0 Å². The molecule has 0 aliphatic heterocycles. The van der Waals surface area contributed by atoms with Crippen LogP contribution < -0.4 is 0 Å². The Labute approximate surface area is 105 Å². The van der Waals surface area contributed by atoms with Crippen molar-refractivity contribution in [2.45, 2.75) is 39.5 Å². The number of benzene rings is 1. The molecule has 1 aromatic rings. The van der Waals surface area contributed by atoms with Crippen LogP contribution in [-0.2, 0) is 4.79 Å². The highest BCUT2D eigenvalue weighted by Gasteiger charge is 2.23. The number of carbonyl (C=O) groups excluding carboxylic acids is 1. The van der Waals surface area contributed by atoms with Crippen LogP contribution in [-0.4, -0.2) is 5.78 Å². The quantitative estimate of drug-likeness (QED) is 0.664. The molecule has 0 heterocycles. The monoisotopic (exact) mass is 230 g/mol. The van der Waals surface area contributed by atoms with E-state index in [2.05, 4.69) is 18.7 Å². The van der Waals surface area contributed by atoms with Gasteiger partial charge in [0.15, 0.2) is 0 Å². The van der Waals surface area contributed by atoms with E-state index in [1.807, 2.05) is 39.0 Å². The van der Waals surface area contributed by atoms with E-state index >= 15 is 0 Å². The molecule has 0 bridgehead atoms. The van der Waals surface area contributed by atoms with Gasteiger partial charge in [0.05, 0.1) is 0 Å². The highest BCUT2D eigenvalue weighted by Crippen LogP contribution is 2.31. The Morgan fingerprint density at radius 3 is 2.35 bits per heavy atom. The van der Waals surface area contributed by atoms with Crippen LogP contribution in [0.1, 0.15) is 45.1 Å². The molecular formula is C16H22O. The molecule has 0 aliphatic rings. The lowest BCUT2D eigenvalue weighted by Crippen LogP contribution is -2.19. The molecule has 1 aromatic carbocycles. The summed E-state index contributed by atoms with van der Waals surface area (Å²) in [5, 5.41) is 0. The minimum atomic E-state index is 0.0686. The summed E-state index contributed by atoms with van der Waals surface area (Å²) < 4.78 is 0. The van der Waals surface area contributed by atoms with Crippen LogP contribution in [0.5, 0.6) is 0 Å². The Bertz CT molecular complexity index is 378. The molecule has 0 aliphatic carbocycles. The second kappa shape index (κ2) is 6.39. The number of hydrogen-bond donors (Lipinski definition) is 0. The fourth-order valence-electron chi connectivity index (χ4n) is 2.21. The summed E-state index contributed by atoms with van der Waals surface area (Å²) in [5.74, 6) is 0.667. The maximum absolute atomic E-state index is 11.9. The number of rotatable bonds is 6. The summed E-state index contributed by atoms with van der Waals surface area (Å²) in [6, 6.07) is 10.3. The maximum atomic E-state index is 11.9. The third-order valence-electron chi connectivity index (χ3n) is 3.26. The molecule has 0 radical (unpaired) electrons. The van der Waals surface area contributed by atoms with Crippen molar-refractivity contribution in [3.8, 4) is 0 Å². The summed E-state index contributed by atoms with van der Waals surface area (Å²) in [4.78, 5) is 11.9. The third kappa shape index (κ3) is 3.85. The van der Waals surface area contributed by atoms with Crippen molar-refractivity contribution in [3.63, 3.8) is 0 Å². The molecule has 92 valence electrons. The second-order valence-electron chi connectivity index (χ2n) is 4.79. The highest BCUT2D eigenvalue weighted by atomic mass is 16.1. The molecule has 0 amide bonds. The lowest BCUT2D eigenvalue weighted by atomic mass is 9.80. The van der Waals surface area contributed by atoms with E-state index in [1.165, 1.54) is 5.56 Å². The molecule has 1 nitrogen and oxygen atoms in total. The average Bonchev–Trinajstić information content (AvgIpc) is 2.35. The number of ketones is 1. The zero-order valence-corrected chi connectivity index (χ0v) is 11.1. The molecule has 0 saturated carbocycles. The lowest BCUT2D eigenvalue weighted by molar-refractivity contribution is -0.122. The smallest absolute Gasteiger partial charge is 0.136 e. The van der Waals surface area contributed by atoms with Gasteiger partial charge in [0, 0.05) is 12.3 Å². The first-order valence-corrected chi connectivity index (χ1v) is 6.28. The highest BCUT2D eigenvalue weighted by molar-refractivity contribution is 5.81. The zero-order valence-electron chi connectivity index (χ0n) is 11.1. The number of Topliss-reactive ketones (excluding diaryl/α,β-unsaturated/α-hetero) is 1. The fraction of sp³-hybridized carbons (Fsp3) is 0.438. The van der Waals surface area contributed by atoms with Crippen LogP contribution in [0.2, 0.25) is 0 Å². The Balaban J connectivity index is 2.95. The van der Waals surface area contributed by atoms with Crippen LogP contribution in [0.3, 0.4) is 0 Å². The van der Waals surface area contributed by atoms with Gasteiger partial charge < -0.3 is 0 Å². The molecule has 1 rings (SSSR count). The molecule has 0 fully saturated rings. The molecule has 1 heteroatoms. The molecule has 2 atom stereocenters. The summed E-state index contributed by atoms with van der Waals surface area (Å²) in [6.07, 6.45) is 1.50. The number of allylic oxidation sites excluding steroid dienone is 1. The van der Waals surface area contributed by atoms with Crippen LogP contribution in [0.15, 0.2) is 42.5 Å². The Hall–Kier alpha value is -1.37. The van der Waals surface area contributed by atoms with Gasteiger partial charge in [-0.15, -0.1) is 6.58 Å². The van der Waals surface area contributed by atoms with Gasteiger partial charge in [-0.25, -0.2) is 0 Å². The van der Waals surface area contributed by atoms with Gasteiger partial charge in [0.2, 0.25) is 0 Å². The minimum Gasteiger partial charge on any atom is -0.299 e. The first kappa shape index (κ1) is 13.7. The van der Waals surface area contributed by atoms with Crippen LogP contribution in [0.25, 0.3) is 0 Å². The molecule has 0 N–H and O–H groups in total. The van der Waals surface area contributed by atoms with Crippen LogP contribution >= 0.6 is 0 Å². The zero-order chi connectivity index (χ0) is 12.8. The molecule has 0 saturated heterocycles. The van der Waals surface area contributed by atoms with Crippen molar-refractivity contribution < 1.29 is 4.79 Å². The predicted octanol–water partition coefficient (Wildman–Crippen LogP) is 4.35. The van der Waals surface area contributed by atoms with E-state index in [1.54, 1.807) is 0 Å². The third-order valence-corrected chi connectivity index (χ3v) is 3.26. The van der Waals surface area contributed by atoms with Gasteiger partial charge in [0.1, 0.15) is 5.78 Å². The normalized spacial score (nSPS) is 14.1. The Kier molecular flexibility index (Phi) is 5.14. The summed E-state index contributed by atoms with van der Waals surface area (Å²) in [5.41, 5.74) is 2.37. The Morgan fingerprint density at radius 2 is 1.88 bits per heavy atom. The van der Waals surface area contributed by atoms with Gasteiger partial charge in [-0.3, -0.25) is 4.79 Å². The van der Waals surface area contributed by atoms with E-state index in [9.17, 15) is 4.79 Å². The minimum absolute atomic E-state index is 0.0686. The van der Waals surface area contributed by atoms with E-state index < -0.39 is 0 Å². The van der Waals surface area contributed by atoms with Gasteiger partial charge in [-0.05, 0) is 24.8 Å². The van der Waals surface area contributed by atoms with Crippen LogP contribution in [0.4, 0.5) is 0 Å². The molecule has 17 heavy (non-hydrogen) atoms. The summed E-state index contributed by atoms with van der Waals surface area (Å²) in [7, 11) is 0. The standard InChI is InChI=1S/C16H22O/c1-5-16(17)13(4)15(11-12(2)3)14-9-7-6-8-10-14/h6-10,13,15H,2,5,11H2,1,3-4H3/t13?,15-/m0/s1. The molecule has 1 unspecified atom stereocenters. The summed E-state index contributed by atoms with van der Waals surface area (Å²) >= 11 is 0. The molecule has 0 spiro atoms. The topological polar surface area (TPSA) is 17.1 Å². The van der Waals surface area contributed by atoms with E-state index in [4.69, 9.17) is 0 Å². The maximum Gasteiger partial charge on any atom is 0.136 e. The van der Waals surface area contributed by atoms with E-state index in [0.29, 0.717) is 12.2 Å². The fourth-order valence-corrected chi connectivity index (χ4v) is 2.21. The van der Waals surface area contributed by atoms with Crippen molar-refractivity contribution >= 4 is 5.78 Å². The molecule has 0 aromatic heterocycles. The lowest BCUT2D eigenvalue weighted by Gasteiger charge is -2.23. The number of carbonyl (C=O) groups is 1. The SMILES string of the molecule is C=C(C)C[C@H](c1ccccc1)C(C)C(=O)CC. The van der Waals surface area contributed by atoms with Crippen molar-refractivity contribution in [1.82, 2.24) is 0 Å². The number of hydrogen-bond acceptors (Lipinski definition) is 1. The van der Waals surface area contributed by atoms with E-state index in [0.717, 1.165) is 12.0 Å². The predicted molar refractivity (Wildman–Crippen MR) is 73.1 cm³/mol. The van der Waals surface area contributed by atoms with Crippen molar-refractivity contribution in [1.29, 1.82) is 0 Å². The van der Waals surface area contributed by atoms with Crippen molar-refractivity contribution in [2.24, 2.45) is 5.92 Å². The first-order valence-electron chi connectivity index (χ1n) is 6.28. The van der Waals surface area contributed by atoms with Gasteiger partial charge in [-0.2, -0.15) is 0 Å². The average molecular weight is 230 g/mol. The largest absolute Gasteiger partial charge is 0.299 e. The first-order chi connectivity index (χ1) is 8.06. The summed E-state index contributed by atoms with van der Waals surface area (Å²) in [6.45, 7) is 9.97.